The summed E-state index contributed by atoms with van der Waals surface area (Å²) < 4.78 is 77.6. The van der Waals surface area contributed by atoms with Gasteiger partial charge in [0.1, 0.15) is 5.69 Å². The fraction of sp³-hybridized carbons (Fsp3) is 0.111. The van der Waals surface area contributed by atoms with E-state index in [1.54, 1.807) is 0 Å². The number of nitrogens with one attached hydrogen (secondary N) is 2. The van der Waals surface area contributed by atoms with E-state index >= 15 is 0 Å². The van der Waals surface area contributed by atoms with Crippen LogP contribution < -0.4 is 10.9 Å². The van der Waals surface area contributed by atoms with Gasteiger partial charge < -0.3 is 0 Å². The molecule has 0 aliphatic rings. The monoisotopic (exact) mass is 482 g/mol. The molecule has 0 spiro atoms. The molecule has 0 saturated heterocycles. The largest absolute Gasteiger partial charge is 0.417 e. The first-order valence-electron chi connectivity index (χ1n) is 8.21. The lowest BCUT2D eigenvalue weighted by molar-refractivity contribution is -0.138. The number of rotatable bonds is 4. The van der Waals surface area contributed by atoms with Gasteiger partial charge in [0.15, 0.2) is 5.82 Å². The quantitative estimate of drug-likeness (QED) is 0.355. The molecule has 0 radical (unpaired) electrons. The smallest absolute Gasteiger partial charge is 0.297 e. The molecule has 0 saturated carbocycles. The molecule has 3 aromatic rings. The Labute approximate surface area is 180 Å². The highest BCUT2D eigenvalue weighted by Crippen LogP contribution is 2.34. The fourth-order valence-corrected chi connectivity index (χ4v) is 2.98. The molecular weight excluding hydrogens is 473 g/mol. The van der Waals surface area contributed by atoms with E-state index in [2.05, 4.69) is 15.8 Å². The number of hydrazine groups is 1. The first-order valence-corrected chi connectivity index (χ1v) is 8.97. The van der Waals surface area contributed by atoms with E-state index in [0.717, 1.165) is 16.7 Å². The summed E-state index contributed by atoms with van der Waals surface area (Å²) >= 11 is 11.7. The molecule has 0 unspecified atom stereocenters. The second-order valence-electron chi connectivity index (χ2n) is 6.06. The molecule has 0 aliphatic heterocycles. The highest BCUT2D eigenvalue weighted by atomic mass is 35.5. The molecule has 1 amide bonds. The maximum Gasteiger partial charge on any atom is 0.417 e. The molecule has 0 atom stereocenters. The molecule has 0 fully saturated rings. The lowest BCUT2D eigenvalue weighted by Crippen LogP contribution is -2.31. The third kappa shape index (κ3) is 5.05. The van der Waals surface area contributed by atoms with E-state index in [9.17, 15) is 31.1 Å². The Bertz CT molecular complexity index is 1130. The predicted molar refractivity (Wildman–Crippen MR) is 101 cm³/mol. The van der Waals surface area contributed by atoms with E-state index in [1.807, 2.05) is 0 Å². The van der Waals surface area contributed by atoms with Crippen LogP contribution in [0.4, 0.5) is 32.0 Å². The van der Waals surface area contributed by atoms with Crippen LogP contribution >= 0.6 is 23.2 Å². The molecule has 13 heteroatoms. The number of aromatic nitrogens is 2. The SMILES string of the molecule is O=C(NNc1ccc(C(F)(F)F)cc1Cl)c1cccn1-c1ncc(C(F)(F)F)cc1Cl. The standard InChI is InChI=1S/C18H10Cl2F6N4O/c19-11-6-9(17(21,22)23)3-4-13(11)28-29-16(31)14-2-1-5-30(14)15-12(20)7-10(8-27-15)18(24,25)26/h1-8,28H,(H,29,31). The van der Waals surface area contributed by atoms with Crippen molar-refractivity contribution in [3.05, 3.63) is 75.7 Å². The maximum atomic E-state index is 12.8. The van der Waals surface area contributed by atoms with Gasteiger partial charge in [-0.15, -0.1) is 0 Å². The Morgan fingerprint density at radius 1 is 0.935 bits per heavy atom. The van der Waals surface area contributed by atoms with Gasteiger partial charge in [-0.3, -0.25) is 20.2 Å². The third-order valence-corrected chi connectivity index (χ3v) is 4.56. The number of hydrogen-bond donors (Lipinski definition) is 2. The van der Waals surface area contributed by atoms with Crippen LogP contribution in [-0.2, 0) is 12.4 Å². The fourth-order valence-electron chi connectivity index (χ4n) is 2.49. The number of anilines is 1. The number of carbonyl (C=O) groups is 1. The van der Waals surface area contributed by atoms with E-state index in [-0.39, 0.29) is 27.2 Å². The van der Waals surface area contributed by atoms with Crippen molar-refractivity contribution < 1.29 is 31.1 Å². The Morgan fingerprint density at radius 3 is 2.16 bits per heavy atom. The molecule has 31 heavy (non-hydrogen) atoms. The summed E-state index contributed by atoms with van der Waals surface area (Å²) in [5, 5.41) is -0.642. The van der Waals surface area contributed by atoms with Crippen molar-refractivity contribution in [2.75, 3.05) is 5.43 Å². The normalized spacial score (nSPS) is 12.0. The average molecular weight is 483 g/mol. The van der Waals surface area contributed by atoms with E-state index in [0.29, 0.717) is 18.3 Å². The Morgan fingerprint density at radius 2 is 1.58 bits per heavy atom. The topological polar surface area (TPSA) is 59.0 Å². The molecule has 0 aliphatic carbocycles. The summed E-state index contributed by atoms with van der Waals surface area (Å²) in [5.41, 5.74) is 2.53. The number of benzene rings is 1. The summed E-state index contributed by atoms with van der Waals surface area (Å²) in [6.07, 6.45) is -7.30. The number of hydrogen-bond acceptors (Lipinski definition) is 3. The van der Waals surface area contributed by atoms with Gasteiger partial charge in [-0.1, -0.05) is 23.2 Å². The zero-order valence-corrected chi connectivity index (χ0v) is 16.5. The van der Waals surface area contributed by atoms with E-state index in [1.165, 1.54) is 18.3 Å². The van der Waals surface area contributed by atoms with Crippen LogP contribution in [0.3, 0.4) is 0 Å². The predicted octanol–water partition coefficient (Wildman–Crippen LogP) is 5.97. The van der Waals surface area contributed by atoms with Crippen LogP contribution in [0.25, 0.3) is 5.82 Å². The van der Waals surface area contributed by atoms with Gasteiger partial charge in [0, 0.05) is 12.4 Å². The summed E-state index contributed by atoms with van der Waals surface area (Å²) in [6, 6.07) is 5.92. The number of amides is 1. The average Bonchev–Trinajstić information content (AvgIpc) is 3.14. The van der Waals surface area contributed by atoms with Crippen molar-refractivity contribution in [3.63, 3.8) is 0 Å². The van der Waals surface area contributed by atoms with Crippen LogP contribution in [0.1, 0.15) is 21.6 Å². The first kappa shape index (κ1) is 22.8. The second-order valence-corrected chi connectivity index (χ2v) is 6.88. The van der Waals surface area contributed by atoms with Gasteiger partial charge in [0.25, 0.3) is 5.91 Å². The zero-order chi connectivity index (χ0) is 23.0. The highest BCUT2D eigenvalue weighted by molar-refractivity contribution is 6.33. The summed E-state index contributed by atoms with van der Waals surface area (Å²) in [4.78, 5) is 16.2. The zero-order valence-electron chi connectivity index (χ0n) is 14.9. The Kier molecular flexibility index (Phi) is 6.10. The number of halogens is 8. The van der Waals surface area contributed by atoms with Crippen LogP contribution in [0.2, 0.25) is 10.0 Å². The summed E-state index contributed by atoms with van der Waals surface area (Å²) in [7, 11) is 0. The van der Waals surface area contributed by atoms with Crippen molar-refractivity contribution in [1.29, 1.82) is 0 Å². The van der Waals surface area contributed by atoms with Crippen molar-refractivity contribution in [2.45, 2.75) is 12.4 Å². The molecule has 3 rings (SSSR count). The van der Waals surface area contributed by atoms with E-state index < -0.39 is 29.4 Å². The second kappa shape index (κ2) is 8.31. The van der Waals surface area contributed by atoms with Crippen LogP contribution in [0.5, 0.6) is 0 Å². The number of nitrogens with zero attached hydrogens (tertiary/aromatic N) is 2. The van der Waals surface area contributed by atoms with Crippen molar-refractivity contribution in [1.82, 2.24) is 15.0 Å². The van der Waals surface area contributed by atoms with Crippen LogP contribution in [-0.4, -0.2) is 15.5 Å². The molecule has 0 bridgehead atoms. The molecule has 1 aromatic carbocycles. The van der Waals surface area contributed by atoms with Gasteiger partial charge in [-0.25, -0.2) is 4.98 Å². The Hall–Kier alpha value is -2.92. The molecular formula is C18H10Cl2F6N4O. The minimum atomic E-state index is -4.64. The minimum Gasteiger partial charge on any atom is -0.297 e. The molecule has 164 valence electrons. The van der Waals surface area contributed by atoms with Gasteiger partial charge in [0.05, 0.1) is 26.9 Å². The van der Waals surface area contributed by atoms with Gasteiger partial charge >= 0.3 is 12.4 Å². The maximum absolute atomic E-state index is 12.8. The van der Waals surface area contributed by atoms with Crippen molar-refractivity contribution >= 4 is 34.8 Å². The van der Waals surface area contributed by atoms with Crippen molar-refractivity contribution in [2.24, 2.45) is 0 Å². The molecule has 2 aromatic heterocycles. The number of pyridine rings is 1. The summed E-state index contributed by atoms with van der Waals surface area (Å²) in [5.74, 6) is -0.906. The first-order chi connectivity index (χ1) is 14.4. The molecule has 5 nitrogen and oxygen atoms in total. The minimum absolute atomic E-state index is 0.00758. The van der Waals surface area contributed by atoms with E-state index in [4.69, 9.17) is 23.2 Å². The lowest BCUT2D eigenvalue weighted by Gasteiger charge is -2.14. The highest BCUT2D eigenvalue weighted by Gasteiger charge is 2.32. The van der Waals surface area contributed by atoms with Gasteiger partial charge in [-0.2, -0.15) is 26.3 Å². The molecule has 2 N–H and O–H groups in total. The van der Waals surface area contributed by atoms with Crippen LogP contribution in [0.15, 0.2) is 48.8 Å². The number of alkyl halides is 6. The lowest BCUT2D eigenvalue weighted by atomic mass is 10.2. The van der Waals surface area contributed by atoms with Crippen LogP contribution in [0, 0.1) is 0 Å². The summed E-state index contributed by atoms with van der Waals surface area (Å²) in [6.45, 7) is 0. The van der Waals surface area contributed by atoms with Gasteiger partial charge in [0.2, 0.25) is 0 Å². The van der Waals surface area contributed by atoms with Gasteiger partial charge in [-0.05, 0) is 36.4 Å². The molecule has 2 heterocycles. The Balaban J connectivity index is 1.79. The number of carbonyl (C=O) groups excluding carboxylic acids is 1. The van der Waals surface area contributed by atoms with Crippen molar-refractivity contribution in [3.8, 4) is 5.82 Å². The third-order valence-electron chi connectivity index (χ3n) is 3.97.